The summed E-state index contributed by atoms with van der Waals surface area (Å²) in [6.45, 7) is 7.82. The number of carbonyl (C=O) groups is 2. The first kappa shape index (κ1) is 26.9. The molecule has 0 spiro atoms. The van der Waals surface area contributed by atoms with Crippen LogP contribution < -0.4 is 14.2 Å². The summed E-state index contributed by atoms with van der Waals surface area (Å²) in [5.74, 6) is -0.597. The van der Waals surface area contributed by atoms with Crippen LogP contribution in [0.2, 0.25) is 0 Å². The van der Waals surface area contributed by atoms with Gasteiger partial charge in [0.25, 0.3) is 0 Å². The van der Waals surface area contributed by atoms with Crippen molar-refractivity contribution < 1.29 is 42.1 Å². The number of hydrogen-bond acceptors (Lipinski definition) is 7. The largest absolute Gasteiger partial charge is 0.586 e. The van der Waals surface area contributed by atoms with Gasteiger partial charge in [0, 0.05) is 23.1 Å². The molecule has 9 heteroatoms. The van der Waals surface area contributed by atoms with E-state index in [4.69, 9.17) is 23.7 Å². The Morgan fingerprint density at radius 1 is 0.838 bits per heavy atom. The van der Waals surface area contributed by atoms with Crippen LogP contribution in [0.3, 0.4) is 0 Å². The van der Waals surface area contributed by atoms with E-state index >= 15 is 0 Å². The fourth-order valence-electron chi connectivity index (χ4n) is 5.67. The van der Waals surface area contributed by atoms with E-state index < -0.39 is 18.2 Å². The van der Waals surface area contributed by atoms with Crippen LogP contribution in [0.4, 0.5) is 8.78 Å². The van der Waals surface area contributed by atoms with E-state index in [0.29, 0.717) is 26.2 Å². The minimum atomic E-state index is -3.75. The Bertz CT molecular complexity index is 1010. The van der Waals surface area contributed by atoms with Crippen molar-refractivity contribution in [3.63, 3.8) is 0 Å². The molecule has 5 rings (SSSR count). The van der Waals surface area contributed by atoms with Crippen LogP contribution in [0.5, 0.6) is 17.2 Å². The first-order valence-electron chi connectivity index (χ1n) is 12.9. The fourth-order valence-corrected chi connectivity index (χ4v) is 5.67. The van der Waals surface area contributed by atoms with E-state index in [2.05, 4.69) is 13.2 Å². The zero-order chi connectivity index (χ0) is 26.5. The van der Waals surface area contributed by atoms with Gasteiger partial charge in [-0.3, -0.25) is 0 Å². The quantitative estimate of drug-likeness (QED) is 0.179. The summed E-state index contributed by atoms with van der Waals surface area (Å²) in [5, 5.41) is 0. The average Bonchev–Trinajstić information content (AvgIpc) is 3.24. The number of esters is 2. The molecule has 3 aliphatic carbocycles. The lowest BCUT2D eigenvalue weighted by molar-refractivity contribution is -0.287. The highest BCUT2D eigenvalue weighted by Gasteiger charge is 2.54. The highest BCUT2D eigenvalue weighted by molar-refractivity contribution is 5.81. The van der Waals surface area contributed by atoms with Gasteiger partial charge in [-0.25, -0.2) is 9.59 Å². The zero-order valence-corrected chi connectivity index (χ0v) is 21.0. The van der Waals surface area contributed by atoms with Gasteiger partial charge in [-0.05, 0) is 75.7 Å². The molecule has 202 valence electrons. The van der Waals surface area contributed by atoms with Crippen LogP contribution >= 0.6 is 0 Å². The van der Waals surface area contributed by atoms with Gasteiger partial charge in [-0.1, -0.05) is 19.2 Å². The maximum Gasteiger partial charge on any atom is 0.586 e. The third kappa shape index (κ3) is 6.08. The van der Waals surface area contributed by atoms with E-state index in [-0.39, 0.29) is 28.1 Å². The number of benzene rings is 1. The van der Waals surface area contributed by atoms with Gasteiger partial charge in [0.1, 0.15) is 0 Å². The molecule has 0 radical (unpaired) electrons. The number of carbonyl (C=O) groups excluding carboxylic acids is 2. The van der Waals surface area contributed by atoms with Gasteiger partial charge < -0.3 is 23.7 Å². The van der Waals surface area contributed by atoms with Gasteiger partial charge in [0.2, 0.25) is 5.75 Å². The molecule has 3 fully saturated rings. The SMILES string of the molecule is C=CC(=O)OCCCCCCOc1ccc(C23CCC(COC(=O)C=C)(CC2)CC3)c2c1OC(F)(F)O2. The van der Waals surface area contributed by atoms with Crippen molar-refractivity contribution in [2.45, 2.75) is 75.9 Å². The molecule has 0 unspecified atom stereocenters. The van der Waals surface area contributed by atoms with Gasteiger partial charge in [-0.15, -0.1) is 8.78 Å². The summed E-state index contributed by atoms with van der Waals surface area (Å²) < 4.78 is 54.5. The predicted molar refractivity (Wildman–Crippen MR) is 131 cm³/mol. The van der Waals surface area contributed by atoms with Crippen molar-refractivity contribution in [2.75, 3.05) is 19.8 Å². The standard InChI is InChI=1S/C28H34F2O7/c1-3-22(31)34-18-8-6-5-7-17-33-21-10-9-20(24-25(21)37-28(29,30)36-24)27-14-11-26(12-15-27,13-16-27)19-35-23(32)4-2/h3-4,9-10H,1-2,5-8,11-19H2. The third-order valence-corrected chi connectivity index (χ3v) is 7.89. The molecule has 37 heavy (non-hydrogen) atoms. The van der Waals surface area contributed by atoms with E-state index in [1.165, 1.54) is 6.08 Å². The lowest BCUT2D eigenvalue weighted by Gasteiger charge is -2.53. The fraction of sp³-hybridized carbons (Fsp3) is 0.571. The lowest BCUT2D eigenvalue weighted by atomic mass is 9.52. The number of fused-ring (bicyclic) bond motifs is 4. The normalized spacial score (nSPS) is 24.8. The summed E-state index contributed by atoms with van der Waals surface area (Å²) in [6.07, 6.45) is 6.59. The number of hydrogen-bond donors (Lipinski definition) is 0. The Hall–Kier alpha value is -3.10. The highest BCUT2D eigenvalue weighted by atomic mass is 19.3. The lowest BCUT2D eigenvalue weighted by Crippen LogP contribution is -2.46. The summed E-state index contributed by atoms with van der Waals surface area (Å²) in [6, 6.07) is 3.54. The van der Waals surface area contributed by atoms with Crippen molar-refractivity contribution >= 4 is 11.9 Å². The third-order valence-electron chi connectivity index (χ3n) is 7.89. The second-order valence-corrected chi connectivity index (χ2v) is 10.2. The van der Waals surface area contributed by atoms with Crippen molar-refractivity contribution in [1.82, 2.24) is 0 Å². The molecule has 0 amide bonds. The molecule has 1 heterocycles. The van der Waals surface area contributed by atoms with Gasteiger partial charge in [0.15, 0.2) is 11.5 Å². The molecular formula is C28H34F2O7. The monoisotopic (exact) mass is 520 g/mol. The van der Waals surface area contributed by atoms with Crippen molar-refractivity contribution in [1.29, 1.82) is 0 Å². The molecule has 0 N–H and O–H groups in total. The number of unbranched alkanes of at least 4 members (excludes halogenated alkanes) is 3. The molecular weight excluding hydrogens is 486 g/mol. The summed E-state index contributed by atoms with van der Waals surface area (Å²) in [7, 11) is 0. The van der Waals surface area contributed by atoms with Crippen LogP contribution in [-0.2, 0) is 24.5 Å². The van der Waals surface area contributed by atoms with Crippen molar-refractivity contribution in [2.24, 2.45) is 5.41 Å². The predicted octanol–water partition coefficient (Wildman–Crippen LogP) is 6.00. The zero-order valence-electron chi connectivity index (χ0n) is 21.0. The Kier molecular flexibility index (Phi) is 8.09. The Labute approximate surface area is 215 Å². The van der Waals surface area contributed by atoms with Crippen LogP contribution in [0.25, 0.3) is 0 Å². The molecule has 2 bridgehead atoms. The Morgan fingerprint density at radius 2 is 1.43 bits per heavy atom. The molecule has 1 aromatic rings. The van der Waals surface area contributed by atoms with E-state index in [1.807, 2.05) is 6.07 Å². The minimum Gasteiger partial charge on any atom is -0.490 e. The maximum absolute atomic E-state index is 14.2. The molecule has 1 aromatic carbocycles. The number of rotatable bonds is 13. The molecule has 4 aliphatic rings. The van der Waals surface area contributed by atoms with E-state index in [9.17, 15) is 18.4 Å². The molecule has 1 aliphatic heterocycles. The van der Waals surface area contributed by atoms with Gasteiger partial charge in [0.05, 0.1) is 19.8 Å². The molecule has 7 nitrogen and oxygen atoms in total. The van der Waals surface area contributed by atoms with Gasteiger partial charge >= 0.3 is 18.2 Å². The first-order chi connectivity index (χ1) is 17.7. The molecule has 3 saturated carbocycles. The Morgan fingerprint density at radius 3 is 2.08 bits per heavy atom. The minimum absolute atomic E-state index is 0.0458. The van der Waals surface area contributed by atoms with Crippen molar-refractivity contribution in [3.05, 3.63) is 43.0 Å². The van der Waals surface area contributed by atoms with Crippen LogP contribution in [0, 0.1) is 5.41 Å². The van der Waals surface area contributed by atoms with Gasteiger partial charge in [-0.2, -0.15) is 0 Å². The second-order valence-electron chi connectivity index (χ2n) is 10.2. The number of alkyl halides is 2. The van der Waals surface area contributed by atoms with Crippen LogP contribution in [0.15, 0.2) is 37.4 Å². The molecule has 0 saturated heterocycles. The smallest absolute Gasteiger partial charge is 0.490 e. The van der Waals surface area contributed by atoms with Crippen LogP contribution in [-0.4, -0.2) is 38.1 Å². The Balaban J connectivity index is 1.36. The first-order valence-corrected chi connectivity index (χ1v) is 12.9. The number of halogens is 2. The number of ether oxygens (including phenoxy) is 5. The van der Waals surface area contributed by atoms with E-state index in [0.717, 1.165) is 69.4 Å². The second kappa shape index (κ2) is 11.1. The van der Waals surface area contributed by atoms with E-state index in [1.54, 1.807) is 6.07 Å². The van der Waals surface area contributed by atoms with Crippen LogP contribution in [0.1, 0.15) is 69.8 Å². The highest BCUT2D eigenvalue weighted by Crippen LogP contribution is 2.62. The summed E-state index contributed by atoms with van der Waals surface area (Å²) in [5.41, 5.74) is 0.380. The topological polar surface area (TPSA) is 80.3 Å². The summed E-state index contributed by atoms with van der Waals surface area (Å²) in [4.78, 5) is 22.6. The van der Waals surface area contributed by atoms with Crippen molar-refractivity contribution in [3.8, 4) is 17.2 Å². The molecule has 0 atom stereocenters. The molecule has 0 aromatic heterocycles. The summed E-state index contributed by atoms with van der Waals surface area (Å²) >= 11 is 0. The average molecular weight is 521 g/mol. The maximum atomic E-state index is 14.2.